The number of piperidine rings is 1. The van der Waals surface area contributed by atoms with Gasteiger partial charge >= 0.3 is 19.7 Å². The van der Waals surface area contributed by atoms with E-state index in [-0.39, 0.29) is 29.8 Å². The van der Waals surface area contributed by atoms with Gasteiger partial charge in [0.2, 0.25) is 10.0 Å². The lowest BCUT2D eigenvalue weighted by molar-refractivity contribution is -0.192. The van der Waals surface area contributed by atoms with Crippen molar-refractivity contribution in [2.45, 2.75) is 24.8 Å². The number of sulfonamides is 1. The Bertz CT molecular complexity index is 1520. The lowest BCUT2D eigenvalue weighted by Gasteiger charge is -2.38. The molecule has 17 heteroatoms. The molecule has 0 bridgehead atoms. The summed E-state index contributed by atoms with van der Waals surface area (Å²) in [4.78, 5) is 10.6. The van der Waals surface area contributed by atoms with Crippen LogP contribution in [0.3, 0.4) is 0 Å². The van der Waals surface area contributed by atoms with Crippen molar-refractivity contribution in [2.75, 3.05) is 25.4 Å². The normalized spacial score (nSPS) is 14.7. The topological polar surface area (TPSA) is 181 Å². The van der Waals surface area contributed by atoms with Crippen LogP contribution >= 0.6 is 7.60 Å². The van der Waals surface area contributed by atoms with Crippen LogP contribution < -0.4 is 24.2 Å². The van der Waals surface area contributed by atoms with E-state index in [9.17, 15) is 26.2 Å². The van der Waals surface area contributed by atoms with E-state index in [0.29, 0.717) is 31.7 Å². The van der Waals surface area contributed by atoms with Gasteiger partial charge in [-0.15, -0.1) is 0 Å². The van der Waals surface area contributed by atoms with E-state index in [0.717, 1.165) is 0 Å². The number of carbonyl (C=O) groups is 1. The predicted octanol–water partition coefficient (Wildman–Crippen LogP) is 4.90. The van der Waals surface area contributed by atoms with Crippen LogP contribution in [0.25, 0.3) is 0 Å². The van der Waals surface area contributed by atoms with E-state index in [1.807, 2.05) is 6.07 Å². The van der Waals surface area contributed by atoms with Gasteiger partial charge in [0.1, 0.15) is 29.6 Å². The SMILES string of the molecule is N=C(N)N1CCC(C(NS(=O)(=O)CCOc2ccccc2)P(=O)(Oc2ccccc2)Oc2ccccc2)CC1.O=C(O)C(F)(F)F. The number of rotatable bonds is 12. The summed E-state index contributed by atoms with van der Waals surface area (Å²) in [6, 6.07) is 26.0. The number of nitrogens with zero attached hydrogens (tertiary/aromatic N) is 1. The highest BCUT2D eigenvalue weighted by Gasteiger charge is 2.47. The minimum absolute atomic E-state index is 0.0621. The Morgan fingerprint density at radius 1 is 0.935 bits per heavy atom. The van der Waals surface area contributed by atoms with Crippen LogP contribution in [0.5, 0.6) is 17.2 Å². The fraction of sp³-hybridized carbons (Fsp3) is 0.310. The molecule has 0 aliphatic carbocycles. The lowest BCUT2D eigenvalue weighted by Crippen LogP contribution is -2.49. The zero-order valence-corrected chi connectivity index (χ0v) is 26.1. The lowest BCUT2D eigenvalue weighted by atomic mass is 9.97. The number of guanidine groups is 1. The molecule has 1 atom stereocenters. The van der Waals surface area contributed by atoms with Crippen molar-refractivity contribution in [1.29, 1.82) is 5.41 Å². The van der Waals surface area contributed by atoms with E-state index in [1.165, 1.54) is 0 Å². The Hall–Kier alpha value is -4.27. The molecule has 1 heterocycles. The van der Waals surface area contributed by atoms with Crippen LogP contribution in [0.4, 0.5) is 13.2 Å². The molecule has 0 radical (unpaired) electrons. The van der Waals surface area contributed by atoms with Gasteiger partial charge in [-0.1, -0.05) is 54.6 Å². The van der Waals surface area contributed by atoms with Gasteiger partial charge in [-0.3, -0.25) is 5.41 Å². The maximum atomic E-state index is 14.7. The van der Waals surface area contributed by atoms with Crippen LogP contribution in [0.15, 0.2) is 91.0 Å². The minimum atomic E-state index is -5.08. The van der Waals surface area contributed by atoms with Crippen molar-refractivity contribution >= 4 is 29.5 Å². The largest absolute Gasteiger partial charge is 0.492 e. The summed E-state index contributed by atoms with van der Waals surface area (Å²) in [7, 11) is -8.19. The zero-order valence-electron chi connectivity index (χ0n) is 24.4. The molecular weight excluding hydrogens is 652 g/mol. The first kappa shape index (κ1) is 36.2. The highest BCUT2D eigenvalue weighted by molar-refractivity contribution is 7.89. The third kappa shape index (κ3) is 11.6. The number of likely N-dealkylation sites (tertiary alicyclic amines) is 1. The summed E-state index contributed by atoms with van der Waals surface area (Å²) in [5.74, 6) is -3.67. The summed E-state index contributed by atoms with van der Waals surface area (Å²) in [6.45, 7) is 0.719. The Morgan fingerprint density at radius 3 is 1.74 bits per heavy atom. The number of hydrogen-bond donors (Lipinski definition) is 4. The average molecular weight is 687 g/mol. The molecule has 0 saturated carbocycles. The Balaban J connectivity index is 0.000000738. The number of nitrogens with two attached hydrogens (primary N) is 1. The van der Waals surface area contributed by atoms with Crippen molar-refractivity contribution in [3.05, 3.63) is 91.0 Å². The number of aliphatic carboxylic acids is 1. The van der Waals surface area contributed by atoms with Crippen molar-refractivity contribution in [3.63, 3.8) is 0 Å². The molecule has 4 rings (SSSR count). The van der Waals surface area contributed by atoms with Gasteiger partial charge in [-0.05, 0) is 55.2 Å². The molecule has 0 spiro atoms. The maximum absolute atomic E-state index is 14.7. The first-order valence-electron chi connectivity index (χ1n) is 13.8. The molecule has 3 aromatic carbocycles. The highest BCUT2D eigenvalue weighted by atomic mass is 32.2. The molecule has 12 nitrogen and oxygen atoms in total. The van der Waals surface area contributed by atoms with Gasteiger partial charge < -0.3 is 29.5 Å². The monoisotopic (exact) mass is 686 g/mol. The number of benzene rings is 3. The molecule has 1 aliphatic heterocycles. The van der Waals surface area contributed by atoms with Crippen LogP contribution in [-0.4, -0.2) is 67.8 Å². The summed E-state index contributed by atoms with van der Waals surface area (Å²) >= 11 is 0. The van der Waals surface area contributed by atoms with Crippen molar-refractivity contribution in [2.24, 2.45) is 11.7 Å². The van der Waals surface area contributed by atoms with E-state index >= 15 is 0 Å². The maximum Gasteiger partial charge on any atom is 0.490 e. The number of nitrogens with one attached hydrogen (secondary N) is 2. The Morgan fingerprint density at radius 2 is 1.35 bits per heavy atom. The van der Waals surface area contributed by atoms with Gasteiger partial charge in [0, 0.05) is 13.1 Å². The second-order valence-electron chi connectivity index (χ2n) is 9.90. The fourth-order valence-electron chi connectivity index (χ4n) is 4.29. The molecule has 1 aliphatic rings. The van der Waals surface area contributed by atoms with E-state index in [4.69, 9.17) is 34.8 Å². The van der Waals surface area contributed by atoms with Crippen molar-refractivity contribution in [1.82, 2.24) is 9.62 Å². The first-order valence-corrected chi connectivity index (χ1v) is 17.1. The molecule has 250 valence electrons. The number of para-hydroxylation sites is 3. The zero-order chi connectivity index (χ0) is 33.8. The molecule has 1 fully saturated rings. The van der Waals surface area contributed by atoms with Gasteiger partial charge in [0.05, 0.1) is 5.75 Å². The first-order chi connectivity index (χ1) is 21.7. The number of alkyl halides is 3. The Kier molecular flexibility index (Phi) is 12.9. The number of carboxylic acids is 1. The molecule has 5 N–H and O–H groups in total. The van der Waals surface area contributed by atoms with E-state index in [2.05, 4.69) is 4.72 Å². The highest BCUT2D eigenvalue weighted by Crippen LogP contribution is 2.55. The molecule has 1 unspecified atom stereocenters. The summed E-state index contributed by atoms with van der Waals surface area (Å²) in [6.07, 6.45) is -4.23. The molecule has 0 amide bonds. The number of hydrogen-bond acceptors (Lipinski definition) is 8. The summed E-state index contributed by atoms with van der Waals surface area (Å²) < 4.78 is 93.3. The standard InChI is InChI=1S/C27H33N4O6PS.C2HF3O2/c28-27(29)31-18-16-22(17-19-31)26(30-39(33,34)21-20-35-23-10-4-1-5-11-23)38(32,36-24-12-6-2-7-13-24)37-25-14-8-3-9-15-25;3-2(4,5)1(6)7/h1-15,22,26,30H,16-21H2,(H3,28,29);(H,6,7). The van der Waals surface area contributed by atoms with Gasteiger partial charge in [0.25, 0.3) is 0 Å². The van der Waals surface area contributed by atoms with E-state index in [1.54, 1.807) is 89.8 Å². The van der Waals surface area contributed by atoms with Crippen molar-refractivity contribution in [3.8, 4) is 17.2 Å². The Labute approximate surface area is 264 Å². The second kappa shape index (κ2) is 16.3. The van der Waals surface area contributed by atoms with Gasteiger partial charge in [0.15, 0.2) is 5.96 Å². The predicted molar refractivity (Wildman–Crippen MR) is 164 cm³/mol. The van der Waals surface area contributed by atoms with E-state index < -0.39 is 41.5 Å². The van der Waals surface area contributed by atoms with Crippen LogP contribution in [0.2, 0.25) is 0 Å². The third-order valence-electron chi connectivity index (χ3n) is 6.53. The quantitative estimate of drug-likeness (QED) is 0.116. The average Bonchev–Trinajstić information content (AvgIpc) is 3.01. The van der Waals surface area contributed by atoms with Crippen LogP contribution in [-0.2, 0) is 19.4 Å². The molecule has 46 heavy (non-hydrogen) atoms. The second-order valence-corrected chi connectivity index (χ2v) is 13.8. The van der Waals surface area contributed by atoms with Crippen molar-refractivity contribution < 1.29 is 49.8 Å². The number of carboxylic acid groups (broad SMARTS) is 1. The molecule has 0 aromatic heterocycles. The van der Waals surface area contributed by atoms with Crippen LogP contribution in [0, 0.1) is 11.3 Å². The number of halogens is 3. The minimum Gasteiger partial charge on any atom is -0.492 e. The fourth-order valence-corrected chi connectivity index (χ4v) is 8.18. The third-order valence-corrected chi connectivity index (χ3v) is 10.2. The van der Waals surface area contributed by atoms with Gasteiger partial charge in [-0.2, -0.15) is 17.9 Å². The van der Waals surface area contributed by atoms with Gasteiger partial charge in [-0.25, -0.2) is 17.8 Å². The van der Waals surface area contributed by atoms with Crippen LogP contribution in [0.1, 0.15) is 12.8 Å². The molecule has 3 aromatic rings. The smallest absolute Gasteiger partial charge is 0.490 e. The summed E-state index contributed by atoms with van der Waals surface area (Å²) in [5, 5.41) is 14.9. The molecular formula is C29H34F3N4O8PS. The number of ether oxygens (including phenoxy) is 1. The molecule has 1 saturated heterocycles. The summed E-state index contributed by atoms with van der Waals surface area (Å²) in [5.41, 5.74) is 5.66.